The van der Waals surface area contributed by atoms with Gasteiger partial charge in [0, 0.05) is 30.1 Å². The van der Waals surface area contributed by atoms with Crippen molar-refractivity contribution in [1.82, 2.24) is 0 Å². The minimum atomic E-state index is -2.23. The molecule has 8 atom stereocenters. The summed E-state index contributed by atoms with van der Waals surface area (Å²) >= 11 is 0. The Labute approximate surface area is 352 Å². The normalized spacial score (nSPS) is 30.8. The molecule has 0 aromatic rings. The molecule has 0 aromatic heterocycles. The zero-order valence-electron chi connectivity index (χ0n) is 37.7. The molecule has 0 saturated heterocycles. The number of aliphatic hydroxyl groups excluding tert-OH is 2. The van der Waals surface area contributed by atoms with Gasteiger partial charge in [0.25, 0.3) is 0 Å². The Hall–Kier alpha value is -2.03. The molecule has 2 bridgehead atoms. The average molecular weight is 813 g/mol. The maximum atomic E-state index is 15.1. The Morgan fingerprint density at radius 1 is 0.724 bits per heavy atom. The third-order valence-electron chi connectivity index (χ3n) is 15.0. The van der Waals surface area contributed by atoms with Crippen LogP contribution in [0.5, 0.6) is 0 Å². The van der Waals surface area contributed by atoms with Crippen LogP contribution in [0.4, 0.5) is 0 Å². The van der Waals surface area contributed by atoms with Crippen molar-refractivity contribution < 1.29 is 39.2 Å². The largest absolute Gasteiger partial charge is 0.458 e. The SMILES string of the molecule is CCCCCCCCCCCCCCCCCC(=O)O[C@H]1C(C)=C[C@]23C(=O)[C@@H](C=C(CO)[C@@H](O)[C@]12O)[C@@H]1C(C)(C)[C@]1(OC(=O)CCCCCCCCCCC)C[C@H]3C. The van der Waals surface area contributed by atoms with Gasteiger partial charge >= 0.3 is 11.9 Å². The van der Waals surface area contributed by atoms with E-state index in [1.807, 2.05) is 20.8 Å². The summed E-state index contributed by atoms with van der Waals surface area (Å²) in [5.74, 6) is -2.80. The van der Waals surface area contributed by atoms with Crippen LogP contribution in [0.25, 0.3) is 0 Å². The molecule has 3 N–H and O–H groups in total. The predicted molar refractivity (Wildman–Crippen MR) is 232 cm³/mol. The highest BCUT2D eigenvalue weighted by atomic mass is 16.6. The van der Waals surface area contributed by atoms with Crippen molar-refractivity contribution in [1.29, 1.82) is 0 Å². The van der Waals surface area contributed by atoms with Crippen molar-refractivity contribution in [2.75, 3.05) is 6.61 Å². The second kappa shape index (κ2) is 22.7. The van der Waals surface area contributed by atoms with E-state index < -0.39 is 64.6 Å². The summed E-state index contributed by atoms with van der Waals surface area (Å²) in [5.41, 5.74) is -4.70. The average Bonchev–Trinajstić information content (AvgIpc) is 3.59. The highest BCUT2D eigenvalue weighted by Crippen LogP contribution is 2.75. The molecule has 2 saturated carbocycles. The molecule has 0 heterocycles. The van der Waals surface area contributed by atoms with Crippen molar-refractivity contribution in [3.63, 3.8) is 0 Å². The van der Waals surface area contributed by atoms with Crippen LogP contribution in [-0.4, -0.2) is 63.1 Å². The lowest BCUT2D eigenvalue weighted by atomic mass is 9.59. The van der Waals surface area contributed by atoms with Gasteiger partial charge in [-0.1, -0.05) is 188 Å². The van der Waals surface area contributed by atoms with Crippen LogP contribution in [-0.2, 0) is 23.9 Å². The van der Waals surface area contributed by atoms with Crippen LogP contribution < -0.4 is 0 Å². The number of Topliss-reactive ketones (excluding diaryl/α,β-unsaturated/α-hetero) is 1. The number of hydrogen-bond donors (Lipinski definition) is 3. The van der Waals surface area contributed by atoms with E-state index >= 15 is 4.79 Å². The van der Waals surface area contributed by atoms with Gasteiger partial charge in [-0.05, 0) is 43.3 Å². The number of ketones is 1. The van der Waals surface area contributed by atoms with E-state index in [4.69, 9.17) is 9.47 Å². The topological polar surface area (TPSA) is 130 Å². The molecule has 1 spiro atoms. The van der Waals surface area contributed by atoms with Crippen molar-refractivity contribution in [2.45, 2.75) is 238 Å². The third-order valence-corrected chi connectivity index (χ3v) is 15.0. The van der Waals surface area contributed by atoms with Gasteiger partial charge < -0.3 is 24.8 Å². The molecular formula is C50H84O8. The first-order chi connectivity index (χ1) is 27.8. The lowest BCUT2D eigenvalue weighted by Gasteiger charge is -2.49. The second-order valence-corrected chi connectivity index (χ2v) is 19.6. The first-order valence-corrected chi connectivity index (χ1v) is 24.2. The van der Waals surface area contributed by atoms with Crippen LogP contribution in [0.2, 0.25) is 0 Å². The standard InChI is InChI=1S/C50H84O8/c1-7-9-11-13-15-17-18-19-20-21-22-24-25-27-29-31-41(52)57-46-37(3)34-48-38(4)35-49(58-42(53)32-30-28-26-23-16-14-12-10-8-2)43(47(49,5)6)40(45(48)55)33-39(36-51)44(54)50(46,48)56/h33-34,38,40,43-44,46,51,54,56H,7-32,35-36H2,1-6H3/t38-,40+,43-,44-,46+,48+,49+,50+/m1/s1. The Morgan fingerprint density at radius 2 is 1.16 bits per heavy atom. The molecule has 58 heavy (non-hydrogen) atoms. The maximum Gasteiger partial charge on any atom is 0.306 e. The number of carbonyl (C=O) groups is 3. The molecule has 2 fully saturated rings. The number of carbonyl (C=O) groups excluding carboxylic acids is 3. The molecule has 8 heteroatoms. The Bertz CT molecular complexity index is 1380. The van der Waals surface area contributed by atoms with Crippen LogP contribution in [0, 0.1) is 28.6 Å². The highest BCUT2D eigenvalue weighted by Gasteiger charge is 2.83. The van der Waals surface area contributed by atoms with Crippen molar-refractivity contribution >= 4 is 17.7 Å². The number of rotatable bonds is 29. The van der Waals surface area contributed by atoms with E-state index in [1.54, 1.807) is 19.1 Å². The van der Waals surface area contributed by atoms with E-state index in [9.17, 15) is 24.9 Å². The van der Waals surface area contributed by atoms with E-state index in [1.165, 1.54) is 109 Å². The van der Waals surface area contributed by atoms with Gasteiger partial charge in [-0.15, -0.1) is 0 Å². The van der Waals surface area contributed by atoms with Gasteiger partial charge in [-0.25, -0.2) is 0 Å². The molecule has 0 aliphatic heterocycles. The number of ether oxygens (including phenoxy) is 2. The molecule has 332 valence electrons. The van der Waals surface area contributed by atoms with Gasteiger partial charge in [0.15, 0.2) is 17.5 Å². The lowest BCUT2D eigenvalue weighted by molar-refractivity contribution is -0.204. The fourth-order valence-electron chi connectivity index (χ4n) is 11.6. The van der Waals surface area contributed by atoms with Gasteiger partial charge in [0.1, 0.15) is 11.7 Å². The molecule has 0 amide bonds. The summed E-state index contributed by atoms with van der Waals surface area (Å²) < 4.78 is 12.5. The zero-order valence-corrected chi connectivity index (χ0v) is 37.7. The molecule has 8 nitrogen and oxygen atoms in total. The van der Waals surface area contributed by atoms with Crippen LogP contribution in [0.3, 0.4) is 0 Å². The van der Waals surface area contributed by atoms with Gasteiger partial charge in [-0.2, -0.15) is 0 Å². The minimum Gasteiger partial charge on any atom is -0.458 e. The Balaban J connectivity index is 1.33. The van der Waals surface area contributed by atoms with Crippen molar-refractivity contribution in [3.8, 4) is 0 Å². The summed E-state index contributed by atoms with van der Waals surface area (Å²) in [6, 6.07) is 0. The fraction of sp³-hybridized carbons (Fsp3) is 0.860. The van der Waals surface area contributed by atoms with Crippen molar-refractivity contribution in [2.24, 2.45) is 28.6 Å². The van der Waals surface area contributed by atoms with Gasteiger partial charge in [-0.3, -0.25) is 14.4 Å². The molecule has 0 unspecified atom stereocenters. The first kappa shape index (κ1) is 48.6. The zero-order chi connectivity index (χ0) is 42.4. The number of fused-ring (bicyclic) bond motifs is 3. The summed E-state index contributed by atoms with van der Waals surface area (Å²) in [4.78, 5) is 42.0. The number of esters is 2. The van der Waals surface area contributed by atoms with Crippen LogP contribution >= 0.6 is 0 Å². The molecule has 4 aliphatic rings. The minimum absolute atomic E-state index is 0.126. The van der Waals surface area contributed by atoms with E-state index in [0.717, 1.165) is 38.5 Å². The molecule has 4 rings (SSSR count). The monoisotopic (exact) mass is 813 g/mol. The molecule has 0 aromatic carbocycles. The quantitative estimate of drug-likeness (QED) is 0.0387. The number of hydrogen-bond acceptors (Lipinski definition) is 8. The summed E-state index contributed by atoms with van der Waals surface area (Å²) in [7, 11) is 0. The number of aliphatic hydroxyl groups is 3. The summed E-state index contributed by atoms with van der Waals surface area (Å²) in [5, 5.41) is 35.5. The molecular weight excluding hydrogens is 729 g/mol. The Kier molecular flexibility index (Phi) is 19.0. The molecule has 4 aliphatic carbocycles. The molecule has 0 radical (unpaired) electrons. The third kappa shape index (κ3) is 10.7. The first-order valence-electron chi connectivity index (χ1n) is 24.2. The Morgan fingerprint density at radius 3 is 1.60 bits per heavy atom. The highest BCUT2D eigenvalue weighted by molar-refractivity contribution is 5.96. The summed E-state index contributed by atoms with van der Waals surface area (Å²) in [6.45, 7) is 11.6. The fourth-order valence-corrected chi connectivity index (χ4v) is 11.6. The predicted octanol–water partition coefficient (Wildman–Crippen LogP) is 11.2. The number of allylic oxidation sites excluding steroid dienone is 1. The summed E-state index contributed by atoms with van der Waals surface area (Å²) in [6.07, 6.45) is 29.9. The van der Waals surface area contributed by atoms with Crippen LogP contribution in [0.15, 0.2) is 23.3 Å². The second-order valence-electron chi connectivity index (χ2n) is 19.6. The van der Waals surface area contributed by atoms with E-state index in [2.05, 4.69) is 13.8 Å². The van der Waals surface area contributed by atoms with Gasteiger partial charge in [0.05, 0.1) is 12.0 Å². The van der Waals surface area contributed by atoms with Crippen LogP contribution in [0.1, 0.15) is 215 Å². The van der Waals surface area contributed by atoms with E-state index in [-0.39, 0.29) is 23.7 Å². The smallest absolute Gasteiger partial charge is 0.306 e. The number of unbranched alkanes of at least 4 members (excludes halogenated alkanes) is 22. The lowest BCUT2D eigenvalue weighted by Crippen LogP contribution is -2.66. The van der Waals surface area contributed by atoms with Gasteiger partial charge in [0.2, 0.25) is 0 Å². The van der Waals surface area contributed by atoms with Crippen molar-refractivity contribution in [3.05, 3.63) is 23.3 Å². The maximum absolute atomic E-state index is 15.1. The van der Waals surface area contributed by atoms with E-state index in [0.29, 0.717) is 24.8 Å².